The van der Waals surface area contributed by atoms with Crippen LogP contribution in [0.25, 0.3) is 0 Å². The van der Waals surface area contributed by atoms with E-state index in [2.05, 4.69) is 21.4 Å². The maximum Gasteiger partial charge on any atom is 0.134 e. The summed E-state index contributed by atoms with van der Waals surface area (Å²) >= 11 is 0. The van der Waals surface area contributed by atoms with Gasteiger partial charge in [0, 0.05) is 26.2 Å². The van der Waals surface area contributed by atoms with Crippen LogP contribution < -0.4 is 10.2 Å². The first-order valence-electron chi connectivity index (χ1n) is 6.92. The quantitative estimate of drug-likeness (QED) is 0.913. The van der Waals surface area contributed by atoms with Crippen LogP contribution in [0.1, 0.15) is 23.9 Å². The van der Waals surface area contributed by atoms with Crippen molar-refractivity contribution in [2.75, 3.05) is 23.8 Å². The van der Waals surface area contributed by atoms with Gasteiger partial charge in [0.15, 0.2) is 0 Å². The Labute approximate surface area is 125 Å². The van der Waals surface area contributed by atoms with Crippen LogP contribution in [-0.4, -0.2) is 23.6 Å². The van der Waals surface area contributed by atoms with Crippen molar-refractivity contribution in [2.24, 2.45) is 0 Å². The molecular weight excluding hydrogens is 262 g/mol. The van der Waals surface area contributed by atoms with Crippen LogP contribution in [0.3, 0.4) is 0 Å². The second kappa shape index (κ2) is 6.71. The number of aromatic nitrogens is 2. The van der Waals surface area contributed by atoms with Gasteiger partial charge in [-0.05, 0) is 31.5 Å². The number of rotatable bonds is 5. The Kier molecular flexibility index (Phi) is 4.72. The lowest BCUT2D eigenvalue weighted by atomic mass is 10.1. The number of hydrogen-bond acceptors (Lipinski definition) is 5. The first-order chi connectivity index (χ1) is 10.1. The molecule has 0 aliphatic rings. The van der Waals surface area contributed by atoms with Crippen molar-refractivity contribution in [1.82, 2.24) is 9.97 Å². The lowest BCUT2D eigenvalue weighted by Crippen LogP contribution is -2.19. The van der Waals surface area contributed by atoms with Crippen molar-refractivity contribution >= 4 is 11.6 Å². The Morgan fingerprint density at radius 1 is 1.29 bits per heavy atom. The molecule has 0 amide bonds. The van der Waals surface area contributed by atoms with Crippen LogP contribution in [0.2, 0.25) is 0 Å². The van der Waals surface area contributed by atoms with Gasteiger partial charge < -0.3 is 10.2 Å². The number of nitriles is 1. The highest BCUT2D eigenvalue weighted by atomic mass is 15.2. The molecule has 1 N–H and O–H groups in total. The molecule has 0 fully saturated rings. The van der Waals surface area contributed by atoms with Crippen molar-refractivity contribution in [3.8, 4) is 6.07 Å². The Hall–Kier alpha value is -2.61. The maximum absolute atomic E-state index is 8.95. The lowest BCUT2D eigenvalue weighted by molar-refractivity contribution is 0.878. The van der Waals surface area contributed by atoms with Crippen LogP contribution in [0.4, 0.5) is 11.6 Å². The van der Waals surface area contributed by atoms with E-state index in [1.54, 1.807) is 0 Å². The summed E-state index contributed by atoms with van der Waals surface area (Å²) in [5, 5.41) is 12.2. The van der Waals surface area contributed by atoms with Crippen LogP contribution in [0, 0.1) is 18.3 Å². The molecule has 0 aliphatic carbocycles. The lowest BCUT2D eigenvalue weighted by Gasteiger charge is -2.19. The van der Waals surface area contributed by atoms with Gasteiger partial charge in [-0.15, -0.1) is 0 Å². The monoisotopic (exact) mass is 281 g/mol. The summed E-state index contributed by atoms with van der Waals surface area (Å²) in [4.78, 5) is 10.9. The van der Waals surface area contributed by atoms with E-state index in [9.17, 15) is 0 Å². The number of aryl methyl sites for hydroxylation is 1. The van der Waals surface area contributed by atoms with E-state index >= 15 is 0 Å². The fourth-order valence-corrected chi connectivity index (χ4v) is 2.11. The Morgan fingerprint density at radius 3 is 2.81 bits per heavy atom. The zero-order valence-electron chi connectivity index (χ0n) is 12.6. The molecule has 2 aromatic rings. The third-order valence-corrected chi connectivity index (χ3v) is 3.05. The minimum Gasteiger partial charge on any atom is -0.370 e. The molecule has 0 radical (unpaired) electrons. The molecule has 0 saturated carbocycles. The van der Waals surface area contributed by atoms with E-state index in [0.717, 1.165) is 29.6 Å². The smallest absolute Gasteiger partial charge is 0.134 e. The molecule has 1 aromatic heterocycles. The van der Waals surface area contributed by atoms with Crippen LogP contribution in [0.5, 0.6) is 0 Å². The fraction of sp³-hybridized carbons (Fsp3) is 0.312. The minimum absolute atomic E-state index is 0.674. The van der Waals surface area contributed by atoms with Gasteiger partial charge >= 0.3 is 0 Å². The number of benzene rings is 1. The standard InChI is InChI=1S/C16H19N5/c1-4-18-15-9-16(20-12(2)19-15)21(3)11-14-7-5-6-13(8-14)10-17/h5-9H,4,11H2,1-3H3,(H,18,19,20). The molecule has 0 spiro atoms. The highest BCUT2D eigenvalue weighted by Gasteiger charge is 2.07. The summed E-state index contributed by atoms with van der Waals surface area (Å²) in [5.74, 6) is 2.43. The van der Waals surface area contributed by atoms with Gasteiger partial charge in [-0.1, -0.05) is 12.1 Å². The van der Waals surface area contributed by atoms with Gasteiger partial charge in [0.2, 0.25) is 0 Å². The Balaban J connectivity index is 2.19. The van der Waals surface area contributed by atoms with Crippen molar-refractivity contribution in [3.63, 3.8) is 0 Å². The van der Waals surface area contributed by atoms with Crippen LogP contribution in [0.15, 0.2) is 30.3 Å². The summed E-state index contributed by atoms with van der Waals surface area (Å²) < 4.78 is 0. The first-order valence-corrected chi connectivity index (χ1v) is 6.92. The molecule has 1 heterocycles. The van der Waals surface area contributed by atoms with E-state index in [0.29, 0.717) is 12.1 Å². The largest absolute Gasteiger partial charge is 0.370 e. The van der Waals surface area contributed by atoms with Crippen molar-refractivity contribution in [3.05, 3.63) is 47.3 Å². The third-order valence-electron chi connectivity index (χ3n) is 3.05. The summed E-state index contributed by atoms with van der Waals surface area (Å²) in [6.45, 7) is 5.43. The van der Waals surface area contributed by atoms with E-state index in [1.165, 1.54) is 0 Å². The second-order valence-corrected chi connectivity index (χ2v) is 4.86. The summed E-state index contributed by atoms with van der Waals surface area (Å²) in [6, 6.07) is 11.7. The Bertz CT molecular complexity index is 660. The van der Waals surface area contributed by atoms with E-state index < -0.39 is 0 Å². The van der Waals surface area contributed by atoms with E-state index in [4.69, 9.17) is 5.26 Å². The third kappa shape index (κ3) is 3.93. The maximum atomic E-state index is 8.95. The minimum atomic E-state index is 0.674. The predicted molar refractivity (Wildman–Crippen MR) is 84.2 cm³/mol. The summed E-state index contributed by atoms with van der Waals surface area (Å²) in [6.07, 6.45) is 0. The van der Waals surface area contributed by atoms with Gasteiger partial charge in [-0.3, -0.25) is 0 Å². The van der Waals surface area contributed by atoms with Crippen molar-refractivity contribution < 1.29 is 0 Å². The number of hydrogen-bond donors (Lipinski definition) is 1. The molecule has 108 valence electrons. The summed E-state index contributed by atoms with van der Waals surface area (Å²) in [5.41, 5.74) is 1.76. The normalized spacial score (nSPS) is 10.0. The van der Waals surface area contributed by atoms with E-state index in [-0.39, 0.29) is 0 Å². The molecule has 0 aliphatic heterocycles. The van der Waals surface area contributed by atoms with Gasteiger partial charge in [0.05, 0.1) is 11.6 Å². The first kappa shape index (κ1) is 14.8. The number of nitrogens with one attached hydrogen (secondary N) is 1. The predicted octanol–water partition coefficient (Wildman–Crippen LogP) is 2.72. The average molecular weight is 281 g/mol. The average Bonchev–Trinajstić information content (AvgIpc) is 2.47. The van der Waals surface area contributed by atoms with Gasteiger partial charge in [0.25, 0.3) is 0 Å². The molecule has 0 bridgehead atoms. The van der Waals surface area contributed by atoms with Crippen LogP contribution in [-0.2, 0) is 6.54 Å². The number of anilines is 2. The number of nitrogens with zero attached hydrogens (tertiary/aromatic N) is 4. The molecular formula is C16H19N5. The van der Waals surface area contributed by atoms with Gasteiger partial charge in [-0.2, -0.15) is 5.26 Å². The highest BCUT2D eigenvalue weighted by molar-refractivity contribution is 5.49. The molecule has 2 rings (SSSR count). The molecule has 5 heteroatoms. The fourth-order valence-electron chi connectivity index (χ4n) is 2.11. The SMILES string of the molecule is CCNc1cc(N(C)Cc2cccc(C#N)c2)nc(C)n1. The molecule has 0 atom stereocenters. The molecule has 0 unspecified atom stereocenters. The zero-order valence-corrected chi connectivity index (χ0v) is 12.6. The van der Waals surface area contributed by atoms with Crippen LogP contribution >= 0.6 is 0 Å². The topological polar surface area (TPSA) is 64.8 Å². The van der Waals surface area contributed by atoms with Gasteiger partial charge in [0.1, 0.15) is 17.5 Å². The zero-order chi connectivity index (χ0) is 15.2. The molecule has 1 aromatic carbocycles. The second-order valence-electron chi connectivity index (χ2n) is 4.86. The molecule has 0 saturated heterocycles. The summed E-state index contributed by atoms with van der Waals surface area (Å²) in [7, 11) is 1.98. The van der Waals surface area contributed by atoms with Gasteiger partial charge in [-0.25, -0.2) is 9.97 Å². The Morgan fingerprint density at radius 2 is 2.10 bits per heavy atom. The van der Waals surface area contributed by atoms with Crippen molar-refractivity contribution in [1.29, 1.82) is 5.26 Å². The van der Waals surface area contributed by atoms with E-state index in [1.807, 2.05) is 56.1 Å². The molecule has 5 nitrogen and oxygen atoms in total. The highest BCUT2D eigenvalue weighted by Crippen LogP contribution is 2.17. The van der Waals surface area contributed by atoms with Crippen molar-refractivity contribution in [2.45, 2.75) is 20.4 Å². The molecule has 21 heavy (non-hydrogen) atoms.